The van der Waals surface area contributed by atoms with Crippen molar-refractivity contribution in [1.29, 1.82) is 0 Å². The van der Waals surface area contributed by atoms with Gasteiger partial charge in [0.1, 0.15) is 0 Å². The summed E-state index contributed by atoms with van der Waals surface area (Å²) in [4.78, 5) is 0. The smallest absolute Gasteiger partial charge is 0.0958 e. The summed E-state index contributed by atoms with van der Waals surface area (Å²) < 4.78 is 0. The largest absolute Gasteiger partial charge is 0.385 e. The van der Waals surface area contributed by atoms with Gasteiger partial charge in [-0.3, -0.25) is 0 Å². The van der Waals surface area contributed by atoms with Crippen molar-refractivity contribution in [3.05, 3.63) is 71.3 Å². The average Bonchev–Trinajstić information content (AvgIpc) is 2.72. The van der Waals surface area contributed by atoms with E-state index in [0.29, 0.717) is 11.8 Å². The van der Waals surface area contributed by atoms with E-state index in [1.807, 2.05) is 18.2 Å². The van der Waals surface area contributed by atoms with Gasteiger partial charge in [0.05, 0.1) is 5.60 Å². The zero-order valence-corrected chi connectivity index (χ0v) is 11.6. The minimum Gasteiger partial charge on any atom is -0.385 e. The van der Waals surface area contributed by atoms with Crippen molar-refractivity contribution in [1.82, 2.24) is 0 Å². The first kappa shape index (κ1) is 12.2. The molecule has 102 valence electrons. The third-order valence-corrected chi connectivity index (χ3v) is 5.40. The standard InChI is InChI=1S/C19H20O/c20-19(16-8-2-1-3-9-16)17-10-11-18(19)13-15-7-5-4-6-14(15)12-17/h1-9,17-18,20H,10-13H2. The van der Waals surface area contributed by atoms with E-state index in [9.17, 15) is 5.11 Å². The molecule has 1 nitrogen and oxygen atoms in total. The van der Waals surface area contributed by atoms with Crippen LogP contribution >= 0.6 is 0 Å². The van der Waals surface area contributed by atoms with Crippen LogP contribution in [0.1, 0.15) is 29.5 Å². The molecule has 0 spiro atoms. The molecular weight excluding hydrogens is 244 g/mol. The van der Waals surface area contributed by atoms with Crippen LogP contribution < -0.4 is 0 Å². The quantitative estimate of drug-likeness (QED) is 0.832. The van der Waals surface area contributed by atoms with E-state index in [-0.39, 0.29) is 0 Å². The van der Waals surface area contributed by atoms with Crippen molar-refractivity contribution in [2.24, 2.45) is 11.8 Å². The lowest BCUT2D eigenvalue weighted by molar-refractivity contribution is -0.0395. The SMILES string of the molecule is OC1(c2ccccc2)C2CCC1Cc1ccccc1C2. The van der Waals surface area contributed by atoms with Crippen LogP contribution in [0.25, 0.3) is 0 Å². The minimum atomic E-state index is -0.639. The summed E-state index contributed by atoms with van der Waals surface area (Å²) in [7, 11) is 0. The summed E-state index contributed by atoms with van der Waals surface area (Å²) in [5.74, 6) is 0.720. The average molecular weight is 264 g/mol. The Hall–Kier alpha value is -1.60. The number of hydrogen-bond donors (Lipinski definition) is 1. The summed E-state index contributed by atoms with van der Waals surface area (Å²) in [5.41, 5.74) is 3.35. The van der Waals surface area contributed by atoms with Crippen molar-refractivity contribution in [2.45, 2.75) is 31.3 Å². The van der Waals surface area contributed by atoms with Crippen LogP contribution in [0.2, 0.25) is 0 Å². The zero-order valence-electron chi connectivity index (χ0n) is 11.6. The van der Waals surface area contributed by atoms with Crippen LogP contribution in [0.3, 0.4) is 0 Å². The molecular formula is C19H20O. The van der Waals surface area contributed by atoms with Crippen molar-refractivity contribution in [3.63, 3.8) is 0 Å². The normalized spacial score (nSPS) is 31.6. The van der Waals surface area contributed by atoms with Crippen LogP contribution in [0.15, 0.2) is 54.6 Å². The van der Waals surface area contributed by atoms with Crippen LogP contribution in [0.5, 0.6) is 0 Å². The van der Waals surface area contributed by atoms with Gasteiger partial charge in [-0.05, 0) is 54.2 Å². The maximum absolute atomic E-state index is 11.5. The summed E-state index contributed by atoms with van der Waals surface area (Å²) in [6, 6.07) is 19.0. The topological polar surface area (TPSA) is 20.2 Å². The van der Waals surface area contributed by atoms with Gasteiger partial charge in [0.2, 0.25) is 0 Å². The highest BCUT2D eigenvalue weighted by molar-refractivity contribution is 5.35. The second-order valence-electron chi connectivity index (χ2n) is 6.34. The summed E-state index contributed by atoms with van der Waals surface area (Å²) in [6.07, 6.45) is 4.31. The number of hydrogen-bond acceptors (Lipinski definition) is 1. The Kier molecular flexibility index (Phi) is 2.71. The lowest BCUT2D eigenvalue weighted by atomic mass is 9.77. The Bertz CT molecular complexity index is 584. The van der Waals surface area contributed by atoms with E-state index in [4.69, 9.17) is 0 Å². The lowest BCUT2D eigenvalue weighted by Crippen LogP contribution is -2.37. The van der Waals surface area contributed by atoms with Gasteiger partial charge in [-0.15, -0.1) is 0 Å². The second kappa shape index (κ2) is 4.46. The van der Waals surface area contributed by atoms with E-state index in [2.05, 4.69) is 36.4 Å². The number of aliphatic hydroxyl groups is 1. The monoisotopic (exact) mass is 264 g/mol. The molecule has 2 bridgehead atoms. The number of rotatable bonds is 1. The molecule has 2 atom stereocenters. The Labute approximate surface area is 120 Å². The van der Waals surface area contributed by atoms with Gasteiger partial charge < -0.3 is 5.11 Å². The van der Waals surface area contributed by atoms with Crippen molar-refractivity contribution in [3.8, 4) is 0 Å². The van der Waals surface area contributed by atoms with E-state index in [0.717, 1.165) is 31.2 Å². The fourth-order valence-electron chi connectivity index (χ4n) is 4.35. The van der Waals surface area contributed by atoms with Crippen LogP contribution in [-0.2, 0) is 18.4 Å². The minimum absolute atomic E-state index is 0.360. The van der Waals surface area contributed by atoms with Crippen molar-refractivity contribution < 1.29 is 5.11 Å². The van der Waals surface area contributed by atoms with E-state index >= 15 is 0 Å². The molecule has 0 amide bonds. The van der Waals surface area contributed by atoms with E-state index in [1.54, 1.807) is 0 Å². The molecule has 1 fully saturated rings. The van der Waals surface area contributed by atoms with Gasteiger partial charge in [0.25, 0.3) is 0 Å². The molecule has 2 aromatic rings. The first-order valence-electron chi connectivity index (χ1n) is 7.63. The number of benzene rings is 2. The highest BCUT2D eigenvalue weighted by Gasteiger charge is 2.51. The predicted molar refractivity (Wildman–Crippen MR) is 80.4 cm³/mol. The molecule has 0 radical (unpaired) electrons. The van der Waals surface area contributed by atoms with Crippen LogP contribution in [0.4, 0.5) is 0 Å². The predicted octanol–water partition coefficient (Wildman–Crippen LogP) is 3.70. The molecule has 2 aromatic carbocycles. The first-order valence-corrected chi connectivity index (χ1v) is 7.63. The summed E-state index contributed by atoms with van der Waals surface area (Å²) in [6.45, 7) is 0. The van der Waals surface area contributed by atoms with Crippen LogP contribution in [0, 0.1) is 11.8 Å². The van der Waals surface area contributed by atoms with Gasteiger partial charge in [0.15, 0.2) is 0 Å². The molecule has 2 aliphatic rings. The number of fused-ring (bicyclic) bond motifs is 3. The molecule has 2 unspecified atom stereocenters. The fraction of sp³-hybridized carbons (Fsp3) is 0.368. The highest BCUT2D eigenvalue weighted by atomic mass is 16.3. The summed E-state index contributed by atoms with van der Waals surface area (Å²) >= 11 is 0. The molecule has 1 saturated carbocycles. The van der Waals surface area contributed by atoms with Gasteiger partial charge in [-0.2, -0.15) is 0 Å². The molecule has 20 heavy (non-hydrogen) atoms. The molecule has 0 aromatic heterocycles. The van der Waals surface area contributed by atoms with E-state index < -0.39 is 5.60 Å². The zero-order chi connectivity index (χ0) is 13.6. The second-order valence-corrected chi connectivity index (χ2v) is 6.34. The van der Waals surface area contributed by atoms with Gasteiger partial charge in [0, 0.05) is 0 Å². The Morgan fingerprint density at radius 2 is 1.25 bits per heavy atom. The Balaban J connectivity index is 1.81. The molecule has 0 aliphatic heterocycles. The Morgan fingerprint density at radius 1 is 0.750 bits per heavy atom. The highest BCUT2D eigenvalue weighted by Crippen LogP contribution is 2.52. The molecule has 4 rings (SSSR count). The summed E-state index contributed by atoms with van der Waals surface area (Å²) in [5, 5.41) is 11.5. The van der Waals surface area contributed by atoms with Crippen LogP contribution in [-0.4, -0.2) is 5.11 Å². The third kappa shape index (κ3) is 1.66. The Morgan fingerprint density at radius 3 is 1.80 bits per heavy atom. The van der Waals surface area contributed by atoms with Crippen molar-refractivity contribution >= 4 is 0 Å². The molecule has 0 saturated heterocycles. The van der Waals surface area contributed by atoms with Gasteiger partial charge in [-0.1, -0.05) is 54.6 Å². The van der Waals surface area contributed by atoms with Gasteiger partial charge in [-0.25, -0.2) is 0 Å². The molecule has 0 heterocycles. The molecule has 1 heteroatoms. The fourth-order valence-corrected chi connectivity index (χ4v) is 4.35. The first-order chi connectivity index (χ1) is 9.78. The van der Waals surface area contributed by atoms with E-state index in [1.165, 1.54) is 11.1 Å². The van der Waals surface area contributed by atoms with Gasteiger partial charge >= 0.3 is 0 Å². The maximum Gasteiger partial charge on any atom is 0.0958 e. The third-order valence-electron chi connectivity index (χ3n) is 5.40. The molecule has 2 aliphatic carbocycles. The maximum atomic E-state index is 11.5. The lowest BCUT2D eigenvalue weighted by Gasteiger charge is -2.34. The van der Waals surface area contributed by atoms with Crippen molar-refractivity contribution in [2.75, 3.05) is 0 Å². The molecule has 1 N–H and O–H groups in total.